The molecule has 88 valence electrons. The summed E-state index contributed by atoms with van der Waals surface area (Å²) in [6.45, 7) is 2.04. The number of nitrogens with two attached hydrogens (primary N) is 1. The van der Waals surface area contributed by atoms with Crippen molar-refractivity contribution >= 4 is 29.1 Å². The van der Waals surface area contributed by atoms with E-state index in [1.807, 2.05) is 31.2 Å². The maximum Gasteiger partial charge on any atom is 0.0449 e. The molecule has 2 N–H and O–H groups in total. The first-order valence-corrected chi connectivity index (χ1v) is 6.75. The number of rotatable bonds is 3. The lowest BCUT2D eigenvalue weighted by Crippen LogP contribution is -1.86. The smallest absolute Gasteiger partial charge is 0.0449 e. The van der Waals surface area contributed by atoms with Gasteiger partial charge in [0.2, 0.25) is 0 Å². The van der Waals surface area contributed by atoms with Gasteiger partial charge in [-0.25, -0.2) is 0 Å². The van der Waals surface area contributed by atoms with Crippen molar-refractivity contribution in [2.24, 2.45) is 0 Å². The third-order valence-electron chi connectivity index (χ3n) is 2.46. The number of halogens is 1. The largest absolute Gasteiger partial charge is 0.399 e. The highest BCUT2D eigenvalue weighted by Crippen LogP contribution is 2.28. The molecule has 2 aromatic rings. The first-order chi connectivity index (χ1) is 8.15. The number of hydrogen-bond donors (Lipinski definition) is 1. The molecule has 0 saturated carbocycles. The van der Waals surface area contributed by atoms with Crippen molar-refractivity contribution in [3.05, 3.63) is 58.6 Å². The fourth-order valence-electron chi connectivity index (χ4n) is 1.53. The minimum Gasteiger partial charge on any atom is -0.399 e. The summed E-state index contributed by atoms with van der Waals surface area (Å²) in [5, 5.41) is 0.835. The van der Waals surface area contributed by atoms with Crippen LogP contribution < -0.4 is 5.73 Å². The van der Waals surface area contributed by atoms with Crippen molar-refractivity contribution in [1.82, 2.24) is 0 Å². The van der Waals surface area contributed by atoms with Gasteiger partial charge < -0.3 is 5.73 Å². The lowest BCUT2D eigenvalue weighted by Gasteiger charge is -2.06. The summed E-state index contributed by atoms with van der Waals surface area (Å²) in [4.78, 5) is 1.17. The van der Waals surface area contributed by atoms with Gasteiger partial charge in [-0.2, -0.15) is 0 Å². The second-order valence-corrected chi connectivity index (χ2v) is 5.41. The Bertz CT molecular complexity index is 525. The zero-order chi connectivity index (χ0) is 12.3. The van der Waals surface area contributed by atoms with Gasteiger partial charge >= 0.3 is 0 Å². The van der Waals surface area contributed by atoms with Gasteiger partial charge in [-0.15, -0.1) is 11.8 Å². The normalized spacial score (nSPS) is 10.5. The molecule has 3 heteroatoms. The Morgan fingerprint density at radius 3 is 2.71 bits per heavy atom. The van der Waals surface area contributed by atoms with Crippen LogP contribution in [0.25, 0.3) is 0 Å². The van der Waals surface area contributed by atoms with Crippen LogP contribution >= 0.6 is 23.4 Å². The molecule has 0 unspecified atom stereocenters. The lowest BCUT2D eigenvalue weighted by atomic mass is 10.2. The molecule has 1 nitrogen and oxygen atoms in total. The topological polar surface area (TPSA) is 26.0 Å². The highest BCUT2D eigenvalue weighted by molar-refractivity contribution is 7.98. The van der Waals surface area contributed by atoms with Crippen LogP contribution in [0.5, 0.6) is 0 Å². The van der Waals surface area contributed by atoms with Crippen LogP contribution in [0.2, 0.25) is 5.02 Å². The Morgan fingerprint density at radius 1 is 1.18 bits per heavy atom. The Kier molecular flexibility index (Phi) is 3.97. The van der Waals surface area contributed by atoms with Crippen LogP contribution in [-0.2, 0) is 5.75 Å². The zero-order valence-corrected chi connectivity index (χ0v) is 11.2. The Hall–Kier alpha value is -1.12. The average molecular weight is 264 g/mol. The third kappa shape index (κ3) is 3.42. The van der Waals surface area contributed by atoms with Crippen molar-refractivity contribution in [3.8, 4) is 0 Å². The summed E-state index contributed by atoms with van der Waals surface area (Å²) in [6, 6.07) is 14.1. The summed E-state index contributed by atoms with van der Waals surface area (Å²) in [7, 11) is 0. The average Bonchev–Trinajstić information content (AvgIpc) is 2.28. The van der Waals surface area contributed by atoms with Crippen LogP contribution in [0.1, 0.15) is 11.1 Å². The molecule has 0 atom stereocenters. The predicted octanol–water partition coefficient (Wildman–Crippen LogP) is 4.52. The lowest BCUT2D eigenvalue weighted by molar-refractivity contribution is 1.35. The molecular formula is C14H14ClNS. The van der Waals surface area contributed by atoms with Crippen LogP contribution in [0.15, 0.2) is 47.4 Å². The molecule has 2 rings (SSSR count). The van der Waals surface area contributed by atoms with E-state index in [1.54, 1.807) is 11.8 Å². The minimum absolute atomic E-state index is 0.796. The van der Waals surface area contributed by atoms with Crippen LogP contribution in [0, 0.1) is 6.92 Å². The summed E-state index contributed by atoms with van der Waals surface area (Å²) < 4.78 is 0. The maximum atomic E-state index is 6.19. The fourth-order valence-corrected chi connectivity index (χ4v) is 2.88. The molecule has 0 bridgehead atoms. The standard InChI is InChI=1S/C14H14ClNS/c1-10-5-6-11(14(15)7-10)9-17-13-4-2-3-12(16)8-13/h2-8H,9,16H2,1H3. The van der Waals surface area contributed by atoms with Gasteiger partial charge in [0.1, 0.15) is 0 Å². The van der Waals surface area contributed by atoms with Crippen molar-refractivity contribution in [2.45, 2.75) is 17.6 Å². The molecule has 17 heavy (non-hydrogen) atoms. The fraction of sp³-hybridized carbons (Fsp3) is 0.143. The number of nitrogen functional groups attached to an aromatic ring is 1. The van der Waals surface area contributed by atoms with Crippen molar-refractivity contribution in [1.29, 1.82) is 0 Å². The van der Waals surface area contributed by atoms with Crippen molar-refractivity contribution in [2.75, 3.05) is 5.73 Å². The van der Waals surface area contributed by atoms with Crippen LogP contribution in [-0.4, -0.2) is 0 Å². The van der Waals surface area contributed by atoms with E-state index in [-0.39, 0.29) is 0 Å². The van der Waals surface area contributed by atoms with Crippen LogP contribution in [0.3, 0.4) is 0 Å². The van der Waals surface area contributed by atoms with Gasteiger partial charge in [0.05, 0.1) is 0 Å². The highest BCUT2D eigenvalue weighted by Gasteiger charge is 2.02. The molecule has 0 amide bonds. The molecule has 0 fully saturated rings. The predicted molar refractivity (Wildman–Crippen MR) is 76.6 cm³/mol. The van der Waals surface area contributed by atoms with E-state index in [0.29, 0.717) is 0 Å². The van der Waals surface area contributed by atoms with E-state index >= 15 is 0 Å². The van der Waals surface area contributed by atoms with Crippen molar-refractivity contribution in [3.63, 3.8) is 0 Å². The Morgan fingerprint density at radius 2 is 2.00 bits per heavy atom. The maximum absolute atomic E-state index is 6.19. The molecule has 0 aliphatic carbocycles. The Balaban J connectivity index is 2.07. The summed E-state index contributed by atoms with van der Waals surface area (Å²) >= 11 is 7.93. The second-order valence-electron chi connectivity index (χ2n) is 3.96. The number of benzene rings is 2. The van der Waals surface area contributed by atoms with Crippen LogP contribution in [0.4, 0.5) is 5.69 Å². The van der Waals surface area contributed by atoms with E-state index in [9.17, 15) is 0 Å². The number of hydrogen-bond acceptors (Lipinski definition) is 2. The van der Waals surface area contributed by atoms with Crippen molar-refractivity contribution < 1.29 is 0 Å². The number of anilines is 1. The third-order valence-corrected chi connectivity index (χ3v) is 3.86. The molecule has 0 saturated heterocycles. The second kappa shape index (κ2) is 5.48. The van der Waals surface area contributed by atoms with Gasteiger partial charge in [-0.05, 0) is 42.3 Å². The number of thioether (sulfide) groups is 1. The van der Waals surface area contributed by atoms with Gasteiger partial charge in [0.25, 0.3) is 0 Å². The molecule has 0 radical (unpaired) electrons. The molecule has 0 aromatic heterocycles. The first kappa shape index (κ1) is 12.3. The van der Waals surface area contributed by atoms with E-state index in [2.05, 4.69) is 18.2 Å². The van der Waals surface area contributed by atoms with Gasteiger partial charge in [-0.3, -0.25) is 0 Å². The molecular weight excluding hydrogens is 250 g/mol. The Labute approximate surface area is 111 Å². The van der Waals surface area contributed by atoms with E-state index in [0.717, 1.165) is 22.0 Å². The summed E-state index contributed by atoms with van der Waals surface area (Å²) in [6.07, 6.45) is 0. The van der Waals surface area contributed by atoms with Gasteiger partial charge in [0.15, 0.2) is 0 Å². The van der Waals surface area contributed by atoms with E-state index < -0.39 is 0 Å². The zero-order valence-electron chi connectivity index (χ0n) is 9.61. The van der Waals surface area contributed by atoms with E-state index in [1.165, 1.54) is 10.5 Å². The molecule has 2 aromatic carbocycles. The SMILES string of the molecule is Cc1ccc(CSc2cccc(N)c2)c(Cl)c1. The molecule has 0 aliphatic rings. The van der Waals surface area contributed by atoms with E-state index in [4.69, 9.17) is 17.3 Å². The van der Waals surface area contributed by atoms with Gasteiger partial charge in [-0.1, -0.05) is 29.8 Å². The monoisotopic (exact) mass is 263 g/mol. The summed E-state index contributed by atoms with van der Waals surface area (Å²) in [5.41, 5.74) is 8.88. The first-order valence-electron chi connectivity index (χ1n) is 5.38. The van der Waals surface area contributed by atoms with Gasteiger partial charge in [0, 0.05) is 21.4 Å². The molecule has 0 spiro atoms. The minimum atomic E-state index is 0.796. The quantitative estimate of drug-likeness (QED) is 0.651. The molecule has 0 aliphatic heterocycles. The summed E-state index contributed by atoms with van der Waals surface area (Å²) in [5.74, 6) is 0.864. The molecule has 0 heterocycles. The highest BCUT2D eigenvalue weighted by atomic mass is 35.5. The number of aryl methyl sites for hydroxylation is 1.